The number of aromatic nitrogens is 1. The number of hydrogen-bond acceptors (Lipinski definition) is 4. The zero-order chi connectivity index (χ0) is 22.9. The Kier molecular flexibility index (Phi) is 5.26. The third-order valence-corrected chi connectivity index (χ3v) is 5.74. The molecule has 0 spiro atoms. The third kappa shape index (κ3) is 4.27. The number of hydrogen-bond donors (Lipinski definition) is 2. The molecule has 1 aliphatic heterocycles. The van der Waals surface area contributed by atoms with Gasteiger partial charge in [-0.05, 0) is 30.5 Å². The van der Waals surface area contributed by atoms with Gasteiger partial charge < -0.3 is 9.88 Å². The van der Waals surface area contributed by atoms with Gasteiger partial charge in [0.15, 0.2) is 0 Å². The Bertz CT molecular complexity index is 1300. The number of nitrogens with one attached hydrogen (secondary N) is 2. The summed E-state index contributed by atoms with van der Waals surface area (Å²) in [6, 6.07) is 16.1. The van der Waals surface area contributed by atoms with Gasteiger partial charge in [-0.2, -0.15) is 0 Å². The van der Waals surface area contributed by atoms with Crippen LogP contribution in [0.2, 0.25) is 0 Å². The fraction of sp³-hybridized carbons (Fsp3) is 0.200. The van der Waals surface area contributed by atoms with Crippen molar-refractivity contribution in [1.82, 2.24) is 20.1 Å². The summed E-state index contributed by atoms with van der Waals surface area (Å²) in [7, 11) is 0. The van der Waals surface area contributed by atoms with Crippen molar-refractivity contribution in [3.8, 4) is 0 Å². The quantitative estimate of drug-likeness (QED) is 0.453. The van der Waals surface area contributed by atoms with Crippen LogP contribution in [-0.2, 0) is 27.5 Å². The highest BCUT2D eigenvalue weighted by Crippen LogP contribution is 2.26. The van der Waals surface area contributed by atoms with E-state index in [1.165, 1.54) is 6.08 Å². The molecule has 1 saturated heterocycles. The van der Waals surface area contributed by atoms with E-state index >= 15 is 0 Å². The minimum atomic E-state index is -0.745. The Hall–Kier alpha value is -4.20. The summed E-state index contributed by atoms with van der Waals surface area (Å²) in [5, 5.41) is 6.02. The smallest absolute Gasteiger partial charge is 0.331 e. The average Bonchev–Trinajstić information content (AvgIpc) is 3.56. The monoisotopic (exact) mass is 442 g/mol. The number of imide groups is 2. The van der Waals surface area contributed by atoms with Crippen LogP contribution < -0.4 is 10.6 Å². The molecule has 3 aromatic rings. The molecule has 166 valence electrons. The van der Waals surface area contributed by atoms with E-state index in [0.29, 0.717) is 5.56 Å². The number of amides is 5. The second-order valence-corrected chi connectivity index (χ2v) is 8.27. The highest BCUT2D eigenvalue weighted by Gasteiger charge is 2.36. The Labute approximate surface area is 189 Å². The molecule has 0 bridgehead atoms. The lowest BCUT2D eigenvalue weighted by Crippen LogP contribution is -2.53. The third-order valence-electron chi connectivity index (χ3n) is 5.74. The fourth-order valence-electron chi connectivity index (χ4n) is 3.94. The molecule has 1 saturated carbocycles. The van der Waals surface area contributed by atoms with E-state index in [4.69, 9.17) is 0 Å². The molecule has 1 aromatic heterocycles. The predicted octanol–water partition coefficient (Wildman–Crippen LogP) is 2.58. The largest absolute Gasteiger partial charge is 0.352 e. The van der Waals surface area contributed by atoms with E-state index in [1.807, 2.05) is 42.5 Å². The Balaban J connectivity index is 1.47. The lowest BCUT2D eigenvalue weighted by molar-refractivity contribution is -0.130. The van der Waals surface area contributed by atoms with Crippen molar-refractivity contribution < 1.29 is 19.2 Å². The van der Waals surface area contributed by atoms with E-state index in [2.05, 4.69) is 10.6 Å². The SMILES string of the molecule is O=C(Cn1cc(/C=C2\C(=O)NC(=O)N(Cc3ccccc3)C2=O)c2ccccc21)NC1CC1. The lowest BCUT2D eigenvalue weighted by Gasteiger charge is -2.26. The second kappa shape index (κ2) is 8.38. The first kappa shape index (κ1) is 20.7. The molecule has 8 heteroatoms. The zero-order valence-electron chi connectivity index (χ0n) is 17.8. The maximum Gasteiger partial charge on any atom is 0.331 e. The standard InChI is InChI=1S/C25H22N4O4/c30-22(26-18-10-11-18)15-28-14-17(19-8-4-5-9-21(19)28)12-20-23(31)27-25(33)29(24(20)32)13-16-6-2-1-3-7-16/h1-9,12,14,18H,10-11,13,15H2,(H,26,30)(H,27,31,33)/b20-12+. The molecule has 0 atom stereocenters. The second-order valence-electron chi connectivity index (χ2n) is 8.27. The van der Waals surface area contributed by atoms with Gasteiger partial charge in [-0.25, -0.2) is 4.79 Å². The lowest BCUT2D eigenvalue weighted by atomic mass is 10.1. The summed E-state index contributed by atoms with van der Waals surface area (Å²) in [6.07, 6.45) is 5.25. The molecule has 5 amide bonds. The number of carbonyl (C=O) groups is 4. The number of urea groups is 1. The van der Waals surface area contributed by atoms with Crippen molar-refractivity contribution in [2.45, 2.75) is 32.0 Å². The maximum atomic E-state index is 13.1. The molecular weight excluding hydrogens is 420 g/mol. The van der Waals surface area contributed by atoms with Crippen LogP contribution >= 0.6 is 0 Å². The molecule has 2 fully saturated rings. The summed E-state index contributed by atoms with van der Waals surface area (Å²) >= 11 is 0. The number of benzene rings is 2. The first-order valence-corrected chi connectivity index (χ1v) is 10.8. The maximum absolute atomic E-state index is 13.1. The minimum Gasteiger partial charge on any atom is -0.352 e. The molecule has 8 nitrogen and oxygen atoms in total. The minimum absolute atomic E-state index is 0.0548. The number of rotatable bonds is 6. The molecule has 0 unspecified atom stereocenters. The fourth-order valence-corrected chi connectivity index (χ4v) is 3.94. The van der Waals surface area contributed by atoms with Crippen molar-refractivity contribution in [3.63, 3.8) is 0 Å². The van der Waals surface area contributed by atoms with Crippen LogP contribution in [0.5, 0.6) is 0 Å². The average molecular weight is 442 g/mol. The van der Waals surface area contributed by atoms with Gasteiger partial charge in [-0.3, -0.25) is 24.6 Å². The van der Waals surface area contributed by atoms with Crippen molar-refractivity contribution in [2.24, 2.45) is 0 Å². The highest BCUT2D eigenvalue weighted by atomic mass is 16.2. The summed E-state index contributed by atoms with van der Waals surface area (Å²) in [6.45, 7) is 0.193. The van der Waals surface area contributed by atoms with Crippen LogP contribution in [0.4, 0.5) is 4.79 Å². The Morgan fingerprint density at radius 1 is 1.03 bits per heavy atom. The van der Waals surface area contributed by atoms with Crippen molar-refractivity contribution in [3.05, 3.63) is 77.5 Å². The molecule has 5 rings (SSSR count). The van der Waals surface area contributed by atoms with Gasteiger partial charge in [0.1, 0.15) is 12.1 Å². The van der Waals surface area contributed by atoms with Crippen LogP contribution in [0.3, 0.4) is 0 Å². The first-order valence-electron chi connectivity index (χ1n) is 10.8. The van der Waals surface area contributed by atoms with Gasteiger partial charge in [-0.1, -0.05) is 48.5 Å². The van der Waals surface area contributed by atoms with E-state index < -0.39 is 17.8 Å². The molecule has 2 aromatic carbocycles. The van der Waals surface area contributed by atoms with Gasteiger partial charge in [-0.15, -0.1) is 0 Å². The Morgan fingerprint density at radius 3 is 2.52 bits per heavy atom. The summed E-state index contributed by atoms with van der Waals surface area (Å²) in [5.74, 6) is -1.47. The van der Waals surface area contributed by atoms with Crippen LogP contribution in [0.1, 0.15) is 24.0 Å². The zero-order valence-corrected chi connectivity index (χ0v) is 17.8. The van der Waals surface area contributed by atoms with Crippen molar-refractivity contribution in [1.29, 1.82) is 0 Å². The molecule has 0 radical (unpaired) electrons. The van der Waals surface area contributed by atoms with E-state index in [-0.39, 0.29) is 30.6 Å². The van der Waals surface area contributed by atoms with Crippen LogP contribution in [-0.4, -0.2) is 39.3 Å². The molecule has 1 aliphatic carbocycles. The van der Waals surface area contributed by atoms with Gasteiger partial charge >= 0.3 is 6.03 Å². The van der Waals surface area contributed by atoms with Crippen molar-refractivity contribution in [2.75, 3.05) is 0 Å². The number of nitrogens with zero attached hydrogens (tertiary/aromatic N) is 2. The normalized spacial score (nSPS) is 17.5. The summed E-state index contributed by atoms with van der Waals surface area (Å²) < 4.78 is 1.80. The van der Waals surface area contributed by atoms with Gasteiger partial charge in [0.25, 0.3) is 11.8 Å². The molecule has 2 aliphatic rings. The van der Waals surface area contributed by atoms with E-state index in [9.17, 15) is 19.2 Å². The highest BCUT2D eigenvalue weighted by molar-refractivity contribution is 6.31. The van der Waals surface area contributed by atoms with Gasteiger partial charge in [0, 0.05) is 28.7 Å². The number of fused-ring (bicyclic) bond motifs is 1. The Morgan fingerprint density at radius 2 is 1.76 bits per heavy atom. The number of carbonyl (C=O) groups excluding carboxylic acids is 4. The molecule has 2 N–H and O–H groups in total. The first-order chi connectivity index (χ1) is 16.0. The van der Waals surface area contributed by atoms with Crippen molar-refractivity contribution >= 4 is 40.7 Å². The van der Waals surface area contributed by atoms with Crippen LogP contribution in [0.25, 0.3) is 17.0 Å². The van der Waals surface area contributed by atoms with E-state index in [0.717, 1.165) is 34.2 Å². The molecule has 33 heavy (non-hydrogen) atoms. The van der Waals surface area contributed by atoms with Crippen LogP contribution in [0, 0.1) is 0 Å². The molecular formula is C25H22N4O4. The topological polar surface area (TPSA) is 101 Å². The number of barbiturate groups is 1. The van der Waals surface area contributed by atoms with Gasteiger partial charge in [0.2, 0.25) is 5.91 Å². The van der Waals surface area contributed by atoms with E-state index in [1.54, 1.807) is 22.9 Å². The number of para-hydroxylation sites is 1. The predicted molar refractivity (Wildman–Crippen MR) is 122 cm³/mol. The van der Waals surface area contributed by atoms with Gasteiger partial charge in [0.05, 0.1) is 6.54 Å². The summed E-state index contributed by atoms with van der Waals surface area (Å²) in [4.78, 5) is 51.4. The summed E-state index contributed by atoms with van der Waals surface area (Å²) in [5.41, 5.74) is 2.08. The van der Waals surface area contributed by atoms with Crippen LogP contribution in [0.15, 0.2) is 66.4 Å². The molecule has 2 heterocycles.